The molecule has 2 heterocycles. The molecule has 0 radical (unpaired) electrons. The highest BCUT2D eigenvalue weighted by atomic mass is 19.1. The van der Waals surface area contributed by atoms with E-state index in [2.05, 4.69) is 5.32 Å². The van der Waals surface area contributed by atoms with Crippen LogP contribution in [-0.2, 0) is 4.79 Å². The van der Waals surface area contributed by atoms with Gasteiger partial charge in [-0.3, -0.25) is 9.69 Å². The second-order valence-electron chi connectivity index (χ2n) is 4.23. The van der Waals surface area contributed by atoms with E-state index < -0.39 is 5.67 Å². The average molecular weight is 186 g/mol. The predicted octanol–water partition coefficient (Wildman–Crippen LogP) is 0.309. The fourth-order valence-corrected chi connectivity index (χ4v) is 2.15. The SMILES string of the molecule is CC1(F)CCN(C2CCNC2=O)C1. The molecule has 0 aromatic carbocycles. The van der Waals surface area contributed by atoms with Gasteiger partial charge in [0, 0.05) is 19.6 Å². The third kappa shape index (κ3) is 1.68. The molecule has 13 heavy (non-hydrogen) atoms. The molecule has 2 atom stereocenters. The van der Waals surface area contributed by atoms with Crippen molar-refractivity contribution in [3.63, 3.8) is 0 Å². The molecule has 2 rings (SSSR count). The van der Waals surface area contributed by atoms with Crippen LogP contribution in [0.5, 0.6) is 0 Å². The molecule has 2 aliphatic rings. The normalized spacial score (nSPS) is 41.1. The Labute approximate surface area is 77.3 Å². The fourth-order valence-electron chi connectivity index (χ4n) is 2.15. The van der Waals surface area contributed by atoms with Crippen molar-refractivity contribution >= 4 is 5.91 Å². The summed E-state index contributed by atoms with van der Waals surface area (Å²) < 4.78 is 13.5. The second kappa shape index (κ2) is 2.94. The summed E-state index contributed by atoms with van der Waals surface area (Å²) in [6, 6.07) is -0.0717. The van der Waals surface area contributed by atoms with Crippen molar-refractivity contribution in [3.8, 4) is 0 Å². The molecule has 1 amide bonds. The van der Waals surface area contributed by atoms with Crippen LogP contribution in [0.3, 0.4) is 0 Å². The standard InChI is InChI=1S/C9H15FN2O/c1-9(10)3-5-12(6-9)7-2-4-11-8(7)13/h7H,2-6H2,1H3,(H,11,13). The van der Waals surface area contributed by atoms with Gasteiger partial charge in [-0.1, -0.05) is 0 Å². The Hall–Kier alpha value is -0.640. The third-order valence-corrected chi connectivity index (χ3v) is 2.91. The first-order chi connectivity index (χ1) is 6.08. The molecule has 2 aliphatic heterocycles. The van der Waals surface area contributed by atoms with Gasteiger partial charge in [-0.2, -0.15) is 0 Å². The van der Waals surface area contributed by atoms with Crippen LogP contribution < -0.4 is 5.32 Å². The smallest absolute Gasteiger partial charge is 0.237 e. The van der Waals surface area contributed by atoms with Crippen LogP contribution in [0.15, 0.2) is 0 Å². The summed E-state index contributed by atoms with van der Waals surface area (Å²) in [6.07, 6.45) is 1.38. The number of likely N-dealkylation sites (tertiary alicyclic amines) is 1. The topological polar surface area (TPSA) is 32.3 Å². The highest BCUT2D eigenvalue weighted by Crippen LogP contribution is 2.27. The lowest BCUT2D eigenvalue weighted by atomic mass is 10.1. The Morgan fingerprint density at radius 2 is 2.46 bits per heavy atom. The molecule has 0 saturated carbocycles. The lowest BCUT2D eigenvalue weighted by Crippen LogP contribution is -2.40. The van der Waals surface area contributed by atoms with Crippen LogP contribution in [0, 0.1) is 0 Å². The van der Waals surface area contributed by atoms with Gasteiger partial charge < -0.3 is 5.32 Å². The van der Waals surface area contributed by atoms with Crippen molar-refractivity contribution in [2.45, 2.75) is 31.5 Å². The molecule has 4 heteroatoms. The van der Waals surface area contributed by atoms with Crippen LogP contribution in [0.2, 0.25) is 0 Å². The largest absolute Gasteiger partial charge is 0.355 e. The molecule has 0 aliphatic carbocycles. The minimum absolute atomic E-state index is 0.0673. The number of alkyl halides is 1. The summed E-state index contributed by atoms with van der Waals surface area (Å²) >= 11 is 0. The Morgan fingerprint density at radius 3 is 2.92 bits per heavy atom. The Balaban J connectivity index is 1.99. The third-order valence-electron chi connectivity index (χ3n) is 2.91. The minimum atomic E-state index is -1.09. The number of carbonyl (C=O) groups excluding carboxylic acids is 1. The molecule has 3 nitrogen and oxygen atoms in total. The number of hydrogen-bond donors (Lipinski definition) is 1. The summed E-state index contributed by atoms with van der Waals surface area (Å²) in [5.41, 5.74) is -1.09. The zero-order valence-electron chi connectivity index (χ0n) is 7.85. The van der Waals surface area contributed by atoms with Gasteiger partial charge in [0.1, 0.15) is 5.67 Å². The molecule has 2 saturated heterocycles. The molecule has 0 spiro atoms. The number of hydrogen-bond acceptors (Lipinski definition) is 2. The summed E-state index contributed by atoms with van der Waals surface area (Å²) in [7, 11) is 0. The van der Waals surface area contributed by atoms with Gasteiger partial charge >= 0.3 is 0 Å². The van der Waals surface area contributed by atoms with Crippen LogP contribution >= 0.6 is 0 Å². The van der Waals surface area contributed by atoms with E-state index in [0.717, 1.165) is 13.0 Å². The predicted molar refractivity (Wildman–Crippen MR) is 47.1 cm³/mol. The zero-order chi connectivity index (χ0) is 9.47. The second-order valence-corrected chi connectivity index (χ2v) is 4.23. The monoisotopic (exact) mass is 186 g/mol. The Kier molecular flexibility index (Phi) is 2.02. The van der Waals surface area contributed by atoms with Crippen molar-refractivity contribution in [1.29, 1.82) is 0 Å². The van der Waals surface area contributed by atoms with E-state index in [4.69, 9.17) is 0 Å². The average Bonchev–Trinajstić information content (AvgIpc) is 2.56. The maximum absolute atomic E-state index is 13.5. The molecule has 74 valence electrons. The first-order valence-electron chi connectivity index (χ1n) is 4.79. The maximum Gasteiger partial charge on any atom is 0.237 e. The van der Waals surface area contributed by atoms with Crippen LogP contribution in [0.25, 0.3) is 0 Å². The summed E-state index contributed by atoms with van der Waals surface area (Å²) in [4.78, 5) is 13.3. The Morgan fingerprint density at radius 1 is 1.69 bits per heavy atom. The molecular formula is C9H15FN2O. The molecule has 0 aromatic heterocycles. The van der Waals surface area contributed by atoms with Gasteiger partial charge in [-0.15, -0.1) is 0 Å². The highest BCUT2D eigenvalue weighted by Gasteiger charge is 2.40. The number of rotatable bonds is 1. The van der Waals surface area contributed by atoms with Gasteiger partial charge in [0.25, 0.3) is 0 Å². The zero-order valence-corrected chi connectivity index (χ0v) is 7.85. The van der Waals surface area contributed by atoms with Gasteiger partial charge in [0.05, 0.1) is 6.04 Å². The maximum atomic E-state index is 13.5. The number of nitrogens with zero attached hydrogens (tertiary/aromatic N) is 1. The summed E-state index contributed by atoms with van der Waals surface area (Å²) in [5, 5.41) is 2.77. The quantitative estimate of drug-likeness (QED) is 0.639. The van der Waals surface area contributed by atoms with E-state index >= 15 is 0 Å². The summed E-state index contributed by atoms with van der Waals surface area (Å²) in [6.45, 7) is 3.47. The summed E-state index contributed by atoms with van der Waals surface area (Å²) in [5.74, 6) is 0.0673. The van der Waals surface area contributed by atoms with E-state index in [1.54, 1.807) is 6.92 Å². The first kappa shape index (κ1) is 8.94. The molecule has 2 fully saturated rings. The van der Waals surface area contributed by atoms with Crippen molar-refractivity contribution in [2.75, 3.05) is 19.6 Å². The van der Waals surface area contributed by atoms with Crippen molar-refractivity contribution < 1.29 is 9.18 Å². The lowest BCUT2D eigenvalue weighted by molar-refractivity contribution is -0.123. The number of halogens is 1. The van der Waals surface area contributed by atoms with E-state index in [1.807, 2.05) is 4.90 Å². The van der Waals surface area contributed by atoms with Crippen LogP contribution in [-0.4, -0.2) is 42.2 Å². The molecule has 1 N–H and O–H groups in total. The van der Waals surface area contributed by atoms with Crippen LogP contribution in [0.1, 0.15) is 19.8 Å². The molecule has 0 aromatic rings. The Bertz CT molecular complexity index is 230. The lowest BCUT2D eigenvalue weighted by Gasteiger charge is -2.21. The number of amides is 1. The van der Waals surface area contributed by atoms with Gasteiger partial charge in [0.15, 0.2) is 0 Å². The van der Waals surface area contributed by atoms with Crippen molar-refractivity contribution in [2.24, 2.45) is 0 Å². The van der Waals surface area contributed by atoms with E-state index in [1.165, 1.54) is 0 Å². The number of nitrogens with one attached hydrogen (secondary N) is 1. The van der Waals surface area contributed by atoms with E-state index in [9.17, 15) is 9.18 Å². The van der Waals surface area contributed by atoms with Gasteiger partial charge in [-0.05, 0) is 19.8 Å². The molecule has 0 bridgehead atoms. The highest BCUT2D eigenvalue weighted by molar-refractivity contribution is 5.83. The minimum Gasteiger partial charge on any atom is -0.355 e. The van der Waals surface area contributed by atoms with Crippen molar-refractivity contribution in [1.82, 2.24) is 10.2 Å². The van der Waals surface area contributed by atoms with Gasteiger partial charge in [0.2, 0.25) is 5.91 Å². The number of carbonyl (C=O) groups is 1. The first-order valence-corrected chi connectivity index (χ1v) is 4.79. The van der Waals surface area contributed by atoms with Gasteiger partial charge in [-0.25, -0.2) is 4.39 Å². The van der Waals surface area contributed by atoms with E-state index in [0.29, 0.717) is 19.5 Å². The van der Waals surface area contributed by atoms with Crippen LogP contribution in [0.4, 0.5) is 4.39 Å². The molecule has 2 unspecified atom stereocenters. The fraction of sp³-hybridized carbons (Fsp3) is 0.889. The molecular weight excluding hydrogens is 171 g/mol. The van der Waals surface area contributed by atoms with Crippen molar-refractivity contribution in [3.05, 3.63) is 0 Å². The van der Waals surface area contributed by atoms with E-state index in [-0.39, 0.29) is 11.9 Å².